The number of carbonyl (C=O) groups excluding carboxylic acids is 1. The molecule has 0 saturated carbocycles. The Hall–Kier alpha value is -1.42. The summed E-state index contributed by atoms with van der Waals surface area (Å²) < 4.78 is 4.62. The summed E-state index contributed by atoms with van der Waals surface area (Å²) in [6, 6.07) is 2.18. The van der Waals surface area contributed by atoms with E-state index < -0.39 is 0 Å². The molecule has 1 fully saturated rings. The molecule has 1 aromatic heterocycles. The molecule has 0 aliphatic carbocycles. The van der Waals surface area contributed by atoms with Crippen LogP contribution in [0.2, 0.25) is 0 Å². The molecule has 2 rings (SSSR count). The first-order valence-electron chi connectivity index (χ1n) is 4.58. The van der Waals surface area contributed by atoms with E-state index in [1.165, 1.54) is 13.3 Å². The summed E-state index contributed by atoms with van der Waals surface area (Å²) in [5, 5.41) is 3.25. The molecule has 1 aliphatic rings. The number of rotatable bonds is 2. The van der Waals surface area contributed by atoms with Crippen molar-refractivity contribution in [3.8, 4) is 0 Å². The van der Waals surface area contributed by atoms with Gasteiger partial charge in [0.05, 0.1) is 12.7 Å². The molecule has 74 valence electrons. The van der Waals surface area contributed by atoms with E-state index in [0.717, 1.165) is 18.5 Å². The first kappa shape index (κ1) is 9.15. The van der Waals surface area contributed by atoms with Crippen molar-refractivity contribution >= 4 is 5.97 Å². The van der Waals surface area contributed by atoms with Crippen molar-refractivity contribution in [1.82, 2.24) is 10.3 Å². The van der Waals surface area contributed by atoms with Crippen LogP contribution < -0.4 is 5.32 Å². The van der Waals surface area contributed by atoms with Gasteiger partial charge in [-0.2, -0.15) is 0 Å². The smallest absolute Gasteiger partial charge is 0.339 e. The number of nitrogens with one attached hydrogen (secondary N) is 1. The number of nitrogens with zero attached hydrogens (tertiary/aromatic N) is 1. The zero-order valence-electron chi connectivity index (χ0n) is 7.99. The van der Waals surface area contributed by atoms with Gasteiger partial charge < -0.3 is 10.1 Å². The predicted molar refractivity (Wildman–Crippen MR) is 50.9 cm³/mol. The largest absolute Gasteiger partial charge is 0.465 e. The van der Waals surface area contributed by atoms with Crippen molar-refractivity contribution in [2.75, 3.05) is 13.7 Å². The van der Waals surface area contributed by atoms with Gasteiger partial charge in [-0.25, -0.2) is 4.79 Å². The first-order valence-corrected chi connectivity index (χ1v) is 4.58. The SMILES string of the molecule is COC(=O)c1cncc([C@@H]2CCN2)c1. The molecule has 0 radical (unpaired) electrons. The Morgan fingerprint density at radius 2 is 2.43 bits per heavy atom. The lowest BCUT2D eigenvalue weighted by atomic mass is 9.99. The van der Waals surface area contributed by atoms with Crippen molar-refractivity contribution in [1.29, 1.82) is 0 Å². The molecule has 1 atom stereocenters. The summed E-state index contributed by atoms with van der Waals surface area (Å²) in [6.07, 6.45) is 4.41. The number of ether oxygens (including phenoxy) is 1. The molecule has 1 aromatic rings. The highest BCUT2D eigenvalue weighted by Gasteiger charge is 2.19. The van der Waals surface area contributed by atoms with E-state index in [1.807, 2.05) is 6.07 Å². The normalized spacial score (nSPS) is 19.9. The number of pyridine rings is 1. The monoisotopic (exact) mass is 192 g/mol. The molecule has 0 amide bonds. The summed E-state index contributed by atoms with van der Waals surface area (Å²) >= 11 is 0. The van der Waals surface area contributed by atoms with E-state index in [9.17, 15) is 4.79 Å². The zero-order chi connectivity index (χ0) is 9.97. The van der Waals surface area contributed by atoms with Crippen LogP contribution in [-0.2, 0) is 4.74 Å². The van der Waals surface area contributed by atoms with E-state index in [4.69, 9.17) is 0 Å². The van der Waals surface area contributed by atoms with Gasteiger partial charge in [0.2, 0.25) is 0 Å². The third-order valence-electron chi connectivity index (χ3n) is 2.41. The van der Waals surface area contributed by atoms with Gasteiger partial charge in [-0.1, -0.05) is 0 Å². The molecule has 1 saturated heterocycles. The number of hydrogen-bond donors (Lipinski definition) is 1. The van der Waals surface area contributed by atoms with Crippen LogP contribution in [0.4, 0.5) is 0 Å². The minimum atomic E-state index is -0.335. The third kappa shape index (κ3) is 1.61. The molecular weight excluding hydrogens is 180 g/mol. The fourth-order valence-electron chi connectivity index (χ4n) is 1.45. The van der Waals surface area contributed by atoms with Crippen molar-refractivity contribution in [2.45, 2.75) is 12.5 Å². The summed E-state index contributed by atoms with van der Waals surface area (Å²) in [6.45, 7) is 1.03. The Balaban J connectivity index is 2.21. The Morgan fingerprint density at radius 1 is 1.64 bits per heavy atom. The first-order chi connectivity index (χ1) is 6.81. The van der Waals surface area contributed by atoms with Crippen molar-refractivity contribution in [2.24, 2.45) is 0 Å². The van der Waals surface area contributed by atoms with E-state index in [0.29, 0.717) is 11.6 Å². The molecular formula is C10H12N2O2. The highest BCUT2D eigenvalue weighted by molar-refractivity contribution is 5.89. The summed E-state index contributed by atoms with van der Waals surface area (Å²) in [5.74, 6) is -0.335. The Kier molecular flexibility index (Phi) is 2.45. The van der Waals surface area contributed by atoms with Crippen LogP contribution in [0.25, 0.3) is 0 Å². The van der Waals surface area contributed by atoms with Crippen molar-refractivity contribution < 1.29 is 9.53 Å². The number of hydrogen-bond acceptors (Lipinski definition) is 4. The predicted octanol–water partition coefficient (Wildman–Crippen LogP) is 0.903. The topological polar surface area (TPSA) is 51.2 Å². The van der Waals surface area contributed by atoms with E-state index in [-0.39, 0.29) is 5.97 Å². The zero-order valence-corrected chi connectivity index (χ0v) is 7.99. The van der Waals surface area contributed by atoms with Gasteiger partial charge in [-0.3, -0.25) is 4.98 Å². The number of carbonyl (C=O) groups is 1. The summed E-state index contributed by atoms with van der Waals surface area (Å²) in [4.78, 5) is 15.2. The van der Waals surface area contributed by atoms with Crippen molar-refractivity contribution in [3.05, 3.63) is 29.6 Å². The van der Waals surface area contributed by atoms with E-state index in [1.54, 1.807) is 6.20 Å². The van der Waals surface area contributed by atoms with Crippen LogP contribution in [0.15, 0.2) is 18.5 Å². The second-order valence-electron chi connectivity index (χ2n) is 3.29. The Bertz CT molecular complexity index is 348. The Morgan fingerprint density at radius 3 is 3.00 bits per heavy atom. The van der Waals surface area contributed by atoms with Crippen LogP contribution in [0.5, 0.6) is 0 Å². The second-order valence-corrected chi connectivity index (χ2v) is 3.29. The van der Waals surface area contributed by atoms with Gasteiger partial charge in [-0.05, 0) is 24.6 Å². The highest BCUT2D eigenvalue weighted by Crippen LogP contribution is 2.22. The van der Waals surface area contributed by atoms with Gasteiger partial charge in [0, 0.05) is 18.4 Å². The fourth-order valence-corrected chi connectivity index (χ4v) is 1.45. The molecule has 0 spiro atoms. The lowest BCUT2D eigenvalue weighted by Gasteiger charge is -2.27. The minimum Gasteiger partial charge on any atom is -0.465 e. The fraction of sp³-hybridized carbons (Fsp3) is 0.400. The van der Waals surface area contributed by atoms with Gasteiger partial charge in [0.1, 0.15) is 0 Å². The minimum absolute atomic E-state index is 0.335. The van der Waals surface area contributed by atoms with Crippen LogP contribution in [0.1, 0.15) is 28.4 Å². The molecule has 2 heterocycles. The van der Waals surface area contributed by atoms with Gasteiger partial charge in [0.15, 0.2) is 0 Å². The Labute approximate surface area is 82.3 Å². The third-order valence-corrected chi connectivity index (χ3v) is 2.41. The van der Waals surface area contributed by atoms with Crippen LogP contribution in [-0.4, -0.2) is 24.6 Å². The van der Waals surface area contributed by atoms with Gasteiger partial charge >= 0.3 is 5.97 Å². The van der Waals surface area contributed by atoms with Crippen LogP contribution in [0.3, 0.4) is 0 Å². The molecule has 1 N–H and O–H groups in total. The van der Waals surface area contributed by atoms with Crippen molar-refractivity contribution in [3.63, 3.8) is 0 Å². The standard InChI is InChI=1S/C10H12N2O2/c1-14-10(13)8-4-7(5-11-6-8)9-2-3-12-9/h4-6,9,12H,2-3H2,1H3/t9-/m0/s1. The molecule has 4 heteroatoms. The molecule has 0 bridgehead atoms. The molecule has 4 nitrogen and oxygen atoms in total. The molecule has 1 aliphatic heterocycles. The maximum absolute atomic E-state index is 11.2. The average Bonchev–Trinajstić information content (AvgIpc) is 2.14. The number of methoxy groups -OCH3 is 1. The second kappa shape index (κ2) is 3.75. The van der Waals surface area contributed by atoms with Gasteiger partial charge in [0.25, 0.3) is 0 Å². The number of esters is 1. The summed E-state index contributed by atoms with van der Waals surface area (Å²) in [7, 11) is 1.37. The lowest BCUT2D eigenvalue weighted by Crippen LogP contribution is -2.35. The van der Waals surface area contributed by atoms with Crippen LogP contribution >= 0.6 is 0 Å². The summed E-state index contributed by atoms with van der Waals surface area (Å²) in [5.41, 5.74) is 1.57. The van der Waals surface area contributed by atoms with Gasteiger partial charge in [-0.15, -0.1) is 0 Å². The molecule has 0 unspecified atom stereocenters. The lowest BCUT2D eigenvalue weighted by molar-refractivity contribution is 0.0600. The number of aromatic nitrogens is 1. The average molecular weight is 192 g/mol. The molecule has 0 aromatic carbocycles. The van der Waals surface area contributed by atoms with E-state index >= 15 is 0 Å². The maximum atomic E-state index is 11.2. The maximum Gasteiger partial charge on any atom is 0.339 e. The van der Waals surface area contributed by atoms with Crippen LogP contribution in [0, 0.1) is 0 Å². The van der Waals surface area contributed by atoms with E-state index in [2.05, 4.69) is 15.0 Å². The molecule has 14 heavy (non-hydrogen) atoms. The highest BCUT2D eigenvalue weighted by atomic mass is 16.5. The quantitative estimate of drug-likeness (QED) is 0.707.